The minimum atomic E-state index is -0.167. The summed E-state index contributed by atoms with van der Waals surface area (Å²) < 4.78 is 10.3. The van der Waals surface area contributed by atoms with E-state index < -0.39 is 0 Å². The van der Waals surface area contributed by atoms with Crippen LogP contribution in [0.25, 0.3) is 0 Å². The van der Waals surface area contributed by atoms with Crippen molar-refractivity contribution in [3.05, 3.63) is 29.8 Å². The second kappa shape index (κ2) is 6.04. The van der Waals surface area contributed by atoms with Crippen molar-refractivity contribution in [3.63, 3.8) is 0 Å². The second-order valence-corrected chi connectivity index (χ2v) is 4.62. The maximum absolute atomic E-state index is 12.4. The molecule has 0 aliphatic carbocycles. The Balaban J connectivity index is 2.13. The van der Waals surface area contributed by atoms with Gasteiger partial charge in [-0.25, -0.2) is 0 Å². The molecule has 104 valence electrons. The highest BCUT2D eigenvalue weighted by Gasteiger charge is 2.35. The van der Waals surface area contributed by atoms with Crippen molar-refractivity contribution in [1.29, 1.82) is 0 Å². The zero-order valence-electron chi connectivity index (χ0n) is 11.2. The Kier molecular flexibility index (Phi) is 4.39. The van der Waals surface area contributed by atoms with E-state index in [0.29, 0.717) is 24.3 Å². The molecule has 1 aliphatic heterocycles. The number of carbonyl (C=O) groups is 1. The van der Waals surface area contributed by atoms with E-state index in [0.717, 1.165) is 0 Å². The normalized spacial score (nSPS) is 22.6. The van der Waals surface area contributed by atoms with Crippen molar-refractivity contribution < 1.29 is 19.4 Å². The number of hydrogen-bond donors (Lipinski definition) is 1. The van der Waals surface area contributed by atoms with Crippen LogP contribution >= 0.6 is 0 Å². The number of methoxy groups -OCH3 is 2. The van der Waals surface area contributed by atoms with Crippen molar-refractivity contribution >= 4 is 5.91 Å². The van der Waals surface area contributed by atoms with E-state index in [9.17, 15) is 9.90 Å². The summed E-state index contributed by atoms with van der Waals surface area (Å²) >= 11 is 0. The molecule has 0 unspecified atom stereocenters. The number of rotatable bonds is 4. The first-order valence-electron chi connectivity index (χ1n) is 6.28. The number of benzene rings is 1. The lowest BCUT2D eigenvalue weighted by Gasteiger charge is -2.22. The van der Waals surface area contributed by atoms with Gasteiger partial charge in [0, 0.05) is 19.2 Å². The van der Waals surface area contributed by atoms with E-state index in [4.69, 9.17) is 9.47 Å². The molecular formula is C14H19NO4. The minimum Gasteiger partial charge on any atom is -0.497 e. The van der Waals surface area contributed by atoms with Crippen LogP contribution in [0.1, 0.15) is 16.8 Å². The molecule has 5 heteroatoms. The fraction of sp³-hybridized carbons (Fsp3) is 0.500. The Morgan fingerprint density at radius 1 is 1.37 bits per heavy atom. The van der Waals surface area contributed by atoms with Crippen LogP contribution in [-0.4, -0.2) is 55.4 Å². The van der Waals surface area contributed by atoms with Crippen molar-refractivity contribution in [1.82, 2.24) is 4.90 Å². The van der Waals surface area contributed by atoms with Gasteiger partial charge in [-0.15, -0.1) is 0 Å². The molecule has 2 rings (SSSR count). The van der Waals surface area contributed by atoms with Crippen molar-refractivity contribution in [3.8, 4) is 5.75 Å². The average Bonchev–Trinajstić information content (AvgIpc) is 2.90. The summed E-state index contributed by atoms with van der Waals surface area (Å²) in [6.45, 7) is 0.480. The molecule has 0 aromatic heterocycles. The summed E-state index contributed by atoms with van der Waals surface area (Å²) in [4.78, 5) is 14.1. The third-order valence-corrected chi connectivity index (χ3v) is 3.52. The van der Waals surface area contributed by atoms with Crippen molar-refractivity contribution in [2.24, 2.45) is 0 Å². The number of hydrogen-bond acceptors (Lipinski definition) is 4. The maximum Gasteiger partial charge on any atom is 0.254 e. The first-order chi connectivity index (χ1) is 9.19. The molecule has 0 saturated carbocycles. The molecule has 2 atom stereocenters. The van der Waals surface area contributed by atoms with Gasteiger partial charge in [-0.1, -0.05) is 0 Å². The SMILES string of the molecule is COc1ccc(C(=O)N2C[C@@H](OC)C[C@H]2CO)cc1. The first kappa shape index (κ1) is 13.8. The van der Waals surface area contributed by atoms with Crippen LogP contribution in [0.5, 0.6) is 5.75 Å². The molecule has 1 saturated heterocycles. The van der Waals surface area contributed by atoms with E-state index in [2.05, 4.69) is 0 Å². The predicted molar refractivity (Wildman–Crippen MR) is 70.3 cm³/mol. The lowest BCUT2D eigenvalue weighted by molar-refractivity contribution is 0.0648. The van der Waals surface area contributed by atoms with Gasteiger partial charge in [-0.2, -0.15) is 0 Å². The van der Waals surface area contributed by atoms with Gasteiger partial charge in [-0.3, -0.25) is 4.79 Å². The highest BCUT2D eigenvalue weighted by atomic mass is 16.5. The Labute approximate surface area is 112 Å². The molecule has 1 aromatic rings. The highest BCUT2D eigenvalue weighted by Crippen LogP contribution is 2.23. The van der Waals surface area contributed by atoms with Gasteiger partial charge in [0.05, 0.1) is 25.9 Å². The largest absolute Gasteiger partial charge is 0.497 e. The molecule has 5 nitrogen and oxygen atoms in total. The van der Waals surface area contributed by atoms with Crippen LogP contribution in [-0.2, 0) is 4.74 Å². The zero-order valence-corrected chi connectivity index (χ0v) is 11.2. The van der Waals surface area contributed by atoms with Crippen molar-refractivity contribution in [2.75, 3.05) is 27.4 Å². The first-order valence-corrected chi connectivity index (χ1v) is 6.28. The van der Waals surface area contributed by atoms with E-state index in [-0.39, 0.29) is 24.7 Å². The summed E-state index contributed by atoms with van der Waals surface area (Å²) in [5, 5.41) is 9.36. The van der Waals surface area contributed by atoms with Gasteiger partial charge >= 0.3 is 0 Å². The van der Waals surface area contributed by atoms with Gasteiger partial charge in [0.15, 0.2) is 0 Å². The van der Waals surface area contributed by atoms with E-state index >= 15 is 0 Å². The summed E-state index contributed by atoms with van der Waals surface area (Å²) in [7, 11) is 3.21. The van der Waals surface area contributed by atoms with E-state index in [1.165, 1.54) is 0 Å². The molecule has 1 amide bonds. The molecule has 1 N–H and O–H groups in total. The molecule has 0 spiro atoms. The van der Waals surface area contributed by atoms with Gasteiger partial charge < -0.3 is 19.5 Å². The van der Waals surface area contributed by atoms with Crippen LogP contribution in [0.2, 0.25) is 0 Å². The predicted octanol–water partition coefficient (Wildman–Crippen LogP) is 0.917. The fourth-order valence-corrected chi connectivity index (χ4v) is 2.37. The molecular weight excluding hydrogens is 246 g/mol. The van der Waals surface area contributed by atoms with Crippen LogP contribution in [0.3, 0.4) is 0 Å². The van der Waals surface area contributed by atoms with Crippen molar-refractivity contribution in [2.45, 2.75) is 18.6 Å². The number of carbonyl (C=O) groups excluding carboxylic acids is 1. The van der Waals surface area contributed by atoms with Gasteiger partial charge in [0.1, 0.15) is 5.75 Å². The Morgan fingerprint density at radius 2 is 2.05 bits per heavy atom. The number of aliphatic hydroxyl groups excluding tert-OH is 1. The zero-order chi connectivity index (χ0) is 13.8. The fourth-order valence-electron chi connectivity index (χ4n) is 2.37. The lowest BCUT2D eigenvalue weighted by Crippen LogP contribution is -2.38. The summed E-state index contributed by atoms with van der Waals surface area (Å²) in [5.74, 6) is 0.632. The third kappa shape index (κ3) is 2.88. The molecule has 19 heavy (non-hydrogen) atoms. The molecule has 0 radical (unpaired) electrons. The molecule has 1 aliphatic rings. The van der Waals surface area contributed by atoms with Gasteiger partial charge in [0.2, 0.25) is 0 Å². The van der Waals surface area contributed by atoms with Crippen LogP contribution in [0.15, 0.2) is 24.3 Å². The number of nitrogens with zero attached hydrogens (tertiary/aromatic N) is 1. The second-order valence-electron chi connectivity index (χ2n) is 4.62. The standard InChI is InChI=1S/C14H19NO4/c1-18-12-5-3-10(4-6-12)14(17)15-8-13(19-2)7-11(15)9-16/h3-6,11,13,16H,7-9H2,1-2H3/t11-,13-/m0/s1. The lowest BCUT2D eigenvalue weighted by atomic mass is 10.1. The van der Waals surface area contributed by atoms with Crippen LogP contribution < -0.4 is 4.74 Å². The van der Waals surface area contributed by atoms with E-state index in [1.807, 2.05) is 0 Å². The van der Waals surface area contributed by atoms with E-state index in [1.54, 1.807) is 43.4 Å². The number of ether oxygens (including phenoxy) is 2. The Hall–Kier alpha value is -1.59. The Bertz CT molecular complexity index is 432. The molecule has 0 bridgehead atoms. The number of aliphatic hydroxyl groups is 1. The topological polar surface area (TPSA) is 59.0 Å². The number of amides is 1. The molecule has 1 fully saturated rings. The average molecular weight is 265 g/mol. The quantitative estimate of drug-likeness (QED) is 0.879. The summed E-state index contributed by atoms with van der Waals surface area (Å²) in [5.41, 5.74) is 0.594. The molecule has 1 aromatic carbocycles. The smallest absolute Gasteiger partial charge is 0.254 e. The summed E-state index contributed by atoms with van der Waals surface area (Å²) in [6, 6.07) is 6.81. The monoisotopic (exact) mass is 265 g/mol. The number of likely N-dealkylation sites (tertiary alicyclic amines) is 1. The van der Waals surface area contributed by atoms with Crippen LogP contribution in [0.4, 0.5) is 0 Å². The minimum absolute atomic E-state index is 0.000603. The Morgan fingerprint density at radius 3 is 2.58 bits per heavy atom. The maximum atomic E-state index is 12.4. The van der Waals surface area contributed by atoms with Gasteiger partial charge in [-0.05, 0) is 30.7 Å². The van der Waals surface area contributed by atoms with Crippen LogP contribution in [0, 0.1) is 0 Å². The highest BCUT2D eigenvalue weighted by molar-refractivity contribution is 5.94. The summed E-state index contributed by atoms with van der Waals surface area (Å²) in [6.07, 6.45) is 0.675. The molecule has 1 heterocycles. The van der Waals surface area contributed by atoms with Gasteiger partial charge in [0.25, 0.3) is 5.91 Å². The third-order valence-electron chi connectivity index (χ3n) is 3.52.